The van der Waals surface area contributed by atoms with Gasteiger partial charge in [-0.05, 0) is 62.3 Å². The molecule has 0 N–H and O–H groups in total. The van der Waals surface area contributed by atoms with Crippen molar-refractivity contribution in [2.75, 3.05) is 27.8 Å². The van der Waals surface area contributed by atoms with Gasteiger partial charge >= 0.3 is 5.97 Å². The number of rotatable bonds is 5. The number of esters is 1. The lowest BCUT2D eigenvalue weighted by atomic mass is 9.68. The van der Waals surface area contributed by atoms with Crippen molar-refractivity contribution in [3.8, 4) is 11.5 Å². The van der Waals surface area contributed by atoms with E-state index < -0.39 is 5.97 Å². The maximum absolute atomic E-state index is 12.6. The van der Waals surface area contributed by atoms with E-state index in [1.54, 1.807) is 38.5 Å². The van der Waals surface area contributed by atoms with Gasteiger partial charge in [0.2, 0.25) is 0 Å². The molecule has 5 nitrogen and oxygen atoms in total. The molecule has 4 rings (SSSR count). The van der Waals surface area contributed by atoms with Gasteiger partial charge in [0.1, 0.15) is 5.76 Å². The van der Waals surface area contributed by atoms with Crippen LogP contribution < -0.4 is 9.47 Å². The zero-order chi connectivity index (χ0) is 21.3. The van der Waals surface area contributed by atoms with E-state index in [4.69, 9.17) is 25.8 Å². The van der Waals surface area contributed by atoms with E-state index >= 15 is 0 Å². The predicted octanol–water partition coefficient (Wildman–Crippen LogP) is 4.83. The number of halogens is 1. The highest BCUT2D eigenvalue weighted by Gasteiger charge is 2.48. The van der Waals surface area contributed by atoms with Gasteiger partial charge in [-0.25, -0.2) is 4.79 Å². The highest BCUT2D eigenvalue weighted by Crippen LogP contribution is 2.49. The first-order valence-electron chi connectivity index (χ1n) is 10.1. The van der Waals surface area contributed by atoms with Gasteiger partial charge in [-0.3, -0.25) is 4.90 Å². The van der Waals surface area contributed by atoms with Crippen LogP contribution >= 0.6 is 11.6 Å². The summed E-state index contributed by atoms with van der Waals surface area (Å²) in [7, 11) is 5.41. The van der Waals surface area contributed by atoms with Crippen LogP contribution in [0.4, 0.5) is 0 Å². The van der Waals surface area contributed by atoms with Gasteiger partial charge < -0.3 is 14.2 Å². The quantitative estimate of drug-likeness (QED) is 0.639. The molecule has 0 radical (unpaired) electrons. The van der Waals surface area contributed by atoms with Crippen molar-refractivity contribution in [1.29, 1.82) is 0 Å². The second kappa shape index (κ2) is 8.32. The minimum atomic E-state index is -0.411. The zero-order valence-corrected chi connectivity index (χ0v) is 18.2. The van der Waals surface area contributed by atoms with E-state index in [9.17, 15) is 4.79 Å². The average molecular weight is 428 g/mol. The lowest BCUT2D eigenvalue weighted by molar-refractivity contribution is 0.0593. The number of fused-ring (bicyclic) bond motifs is 1. The maximum atomic E-state index is 12.6. The van der Waals surface area contributed by atoms with Crippen LogP contribution in [0.25, 0.3) is 0 Å². The molecular formula is C24H26ClNO4. The first-order valence-corrected chi connectivity index (χ1v) is 10.5. The number of likely N-dealkylation sites (tertiary alicyclic amines) is 1. The fourth-order valence-corrected chi connectivity index (χ4v) is 4.95. The summed E-state index contributed by atoms with van der Waals surface area (Å²) in [5, 5.41) is 0.400. The molecule has 6 heteroatoms. The Balaban J connectivity index is 1.63. The molecule has 158 valence electrons. The van der Waals surface area contributed by atoms with Crippen molar-refractivity contribution < 1.29 is 19.0 Å². The van der Waals surface area contributed by atoms with Crippen LogP contribution in [-0.4, -0.2) is 44.7 Å². The van der Waals surface area contributed by atoms with Crippen LogP contribution in [0.15, 0.2) is 54.3 Å². The summed E-state index contributed by atoms with van der Waals surface area (Å²) in [6, 6.07) is 13.3. The van der Waals surface area contributed by atoms with Crippen LogP contribution in [-0.2, 0) is 10.2 Å². The molecule has 0 aromatic heterocycles. The molecule has 0 amide bonds. The third kappa shape index (κ3) is 3.57. The number of ether oxygens (including phenoxy) is 3. The summed E-state index contributed by atoms with van der Waals surface area (Å²) in [6.07, 6.45) is 4.71. The Morgan fingerprint density at radius 1 is 1.10 bits per heavy atom. The summed E-state index contributed by atoms with van der Waals surface area (Å²) in [5.41, 5.74) is 1.56. The standard InChI is InChI=1S/C24H26ClNO4/c1-26-13-12-24(16-8-9-20(28-2)21(14-16)29-3)11-10-17(15-22(24)26)30-23(27)18-6-4-5-7-19(18)25/h4-9,14-15,22H,10-13H2,1-3H3. The Labute approximate surface area is 182 Å². The minimum Gasteiger partial charge on any atom is -0.493 e. The fourth-order valence-electron chi connectivity index (χ4n) is 4.74. The lowest BCUT2D eigenvalue weighted by Crippen LogP contribution is -2.42. The summed E-state index contributed by atoms with van der Waals surface area (Å²) in [6.45, 7) is 0.973. The molecule has 1 heterocycles. The number of hydrogen-bond acceptors (Lipinski definition) is 5. The van der Waals surface area contributed by atoms with E-state index in [0.717, 1.165) is 30.9 Å². The molecule has 2 unspecified atom stereocenters. The van der Waals surface area contributed by atoms with Crippen LogP contribution in [0, 0.1) is 0 Å². The molecule has 0 bridgehead atoms. The molecule has 2 aliphatic rings. The number of methoxy groups -OCH3 is 2. The molecule has 30 heavy (non-hydrogen) atoms. The van der Waals surface area contributed by atoms with Gasteiger partial charge in [0, 0.05) is 17.9 Å². The molecule has 2 aromatic carbocycles. The third-order valence-electron chi connectivity index (χ3n) is 6.39. The number of likely N-dealkylation sites (N-methyl/N-ethyl adjacent to an activating group) is 1. The Morgan fingerprint density at radius 3 is 2.60 bits per heavy atom. The summed E-state index contributed by atoms with van der Waals surface area (Å²) < 4.78 is 16.7. The van der Waals surface area contributed by atoms with Crippen molar-refractivity contribution in [2.24, 2.45) is 0 Å². The Hall–Kier alpha value is -2.50. The van der Waals surface area contributed by atoms with E-state index in [-0.39, 0.29) is 11.5 Å². The van der Waals surface area contributed by atoms with Gasteiger partial charge in [-0.2, -0.15) is 0 Å². The number of benzene rings is 2. The van der Waals surface area contributed by atoms with Crippen LogP contribution in [0.5, 0.6) is 11.5 Å². The van der Waals surface area contributed by atoms with E-state index in [0.29, 0.717) is 22.8 Å². The maximum Gasteiger partial charge on any atom is 0.344 e. The molecule has 1 fully saturated rings. The first kappa shape index (κ1) is 20.8. The minimum absolute atomic E-state index is 0.0470. The topological polar surface area (TPSA) is 48.0 Å². The number of allylic oxidation sites excluding steroid dienone is 1. The summed E-state index contributed by atoms with van der Waals surface area (Å²) >= 11 is 6.15. The van der Waals surface area contributed by atoms with Gasteiger partial charge in [0.25, 0.3) is 0 Å². The monoisotopic (exact) mass is 427 g/mol. The van der Waals surface area contributed by atoms with Crippen molar-refractivity contribution in [1.82, 2.24) is 4.90 Å². The molecule has 1 aliphatic heterocycles. The van der Waals surface area contributed by atoms with Crippen LogP contribution in [0.2, 0.25) is 5.02 Å². The van der Waals surface area contributed by atoms with Gasteiger partial charge in [-0.15, -0.1) is 0 Å². The molecule has 0 spiro atoms. The van der Waals surface area contributed by atoms with Crippen molar-refractivity contribution in [3.05, 3.63) is 70.4 Å². The number of nitrogens with zero attached hydrogens (tertiary/aromatic N) is 1. The van der Waals surface area contributed by atoms with E-state index in [1.165, 1.54) is 5.56 Å². The third-order valence-corrected chi connectivity index (χ3v) is 6.72. The molecule has 0 saturated carbocycles. The second-order valence-corrected chi connectivity index (χ2v) is 8.31. The highest BCUT2D eigenvalue weighted by atomic mass is 35.5. The van der Waals surface area contributed by atoms with Crippen LogP contribution in [0.3, 0.4) is 0 Å². The molecule has 1 aliphatic carbocycles. The molecule has 2 atom stereocenters. The fraction of sp³-hybridized carbons (Fsp3) is 0.375. The van der Waals surface area contributed by atoms with Crippen molar-refractivity contribution >= 4 is 17.6 Å². The van der Waals surface area contributed by atoms with E-state index in [1.807, 2.05) is 6.07 Å². The number of hydrogen-bond donors (Lipinski definition) is 0. The van der Waals surface area contributed by atoms with Crippen molar-refractivity contribution in [3.63, 3.8) is 0 Å². The van der Waals surface area contributed by atoms with E-state index in [2.05, 4.69) is 30.2 Å². The van der Waals surface area contributed by atoms with Crippen molar-refractivity contribution in [2.45, 2.75) is 30.7 Å². The number of carbonyl (C=O) groups excluding carboxylic acids is 1. The average Bonchev–Trinajstić information content (AvgIpc) is 3.10. The normalized spacial score (nSPS) is 23.5. The smallest absolute Gasteiger partial charge is 0.344 e. The number of carbonyl (C=O) groups is 1. The second-order valence-electron chi connectivity index (χ2n) is 7.90. The Bertz CT molecular complexity index is 989. The Morgan fingerprint density at radius 2 is 1.87 bits per heavy atom. The SMILES string of the molecule is COc1ccc(C23CCC(OC(=O)c4ccccc4Cl)=CC2N(C)CC3)cc1OC. The molecule has 1 saturated heterocycles. The lowest BCUT2D eigenvalue weighted by Gasteiger charge is -2.40. The molecule has 2 aromatic rings. The highest BCUT2D eigenvalue weighted by molar-refractivity contribution is 6.33. The van der Waals surface area contributed by atoms with Gasteiger partial charge in [0.05, 0.1) is 24.8 Å². The summed E-state index contributed by atoms with van der Waals surface area (Å²) in [5.74, 6) is 1.75. The van der Waals surface area contributed by atoms with Crippen LogP contribution in [0.1, 0.15) is 35.2 Å². The van der Waals surface area contributed by atoms with Gasteiger partial charge in [-0.1, -0.05) is 29.8 Å². The van der Waals surface area contributed by atoms with Gasteiger partial charge in [0.15, 0.2) is 11.5 Å². The molecular weight excluding hydrogens is 402 g/mol. The Kier molecular flexibility index (Phi) is 5.76. The zero-order valence-electron chi connectivity index (χ0n) is 17.5. The predicted molar refractivity (Wildman–Crippen MR) is 116 cm³/mol. The first-order chi connectivity index (χ1) is 14.5. The largest absolute Gasteiger partial charge is 0.493 e. The summed E-state index contributed by atoms with van der Waals surface area (Å²) in [4.78, 5) is 14.9.